The SMILES string of the molecule is CN(C(=O)OC(C)(C)C)C1=C(/C=C/C2N(CCCCS(=O)[O-])c3ccc4ccccc4c3C2(C)C)CC/C1=C\C=C1\N(CCCCS(=O)[O-])c2ccc3ccccc3c2C1(C)C. The van der Waals surface area contributed by atoms with E-state index in [0.717, 1.165) is 53.9 Å². The topological polar surface area (TPSA) is 116 Å². The molecule has 1 aliphatic carbocycles. The van der Waals surface area contributed by atoms with Crippen molar-refractivity contribution in [2.24, 2.45) is 0 Å². The largest absolute Gasteiger partial charge is 0.772 e. The van der Waals surface area contributed by atoms with Crippen molar-refractivity contribution in [1.29, 1.82) is 0 Å². The highest BCUT2D eigenvalue weighted by Gasteiger charge is 2.45. The van der Waals surface area contributed by atoms with Gasteiger partial charge in [-0.3, -0.25) is 13.3 Å². The minimum absolute atomic E-state index is 0.0306. The van der Waals surface area contributed by atoms with Gasteiger partial charge in [-0.25, -0.2) is 4.79 Å². The Hall–Kier alpha value is -4.55. The summed E-state index contributed by atoms with van der Waals surface area (Å²) in [5.41, 5.74) is 7.55. The monoisotopic (exact) mass is 875 g/mol. The van der Waals surface area contributed by atoms with Crippen molar-refractivity contribution >= 4 is 61.2 Å². The number of benzene rings is 4. The predicted molar refractivity (Wildman–Crippen MR) is 254 cm³/mol. The molecule has 0 spiro atoms. The minimum atomic E-state index is -2.08. The second-order valence-electron chi connectivity index (χ2n) is 18.9. The van der Waals surface area contributed by atoms with Gasteiger partial charge >= 0.3 is 6.09 Å². The van der Waals surface area contributed by atoms with Crippen LogP contribution >= 0.6 is 0 Å². The fourth-order valence-corrected chi connectivity index (χ4v) is 10.9. The summed E-state index contributed by atoms with van der Waals surface area (Å²) in [5, 5.41) is 4.79. The molecule has 0 N–H and O–H groups in total. The van der Waals surface area contributed by atoms with Gasteiger partial charge in [0, 0.05) is 59.5 Å². The molecule has 2 aliphatic heterocycles. The van der Waals surface area contributed by atoms with Crippen molar-refractivity contribution in [2.75, 3.05) is 41.4 Å². The summed E-state index contributed by atoms with van der Waals surface area (Å²) in [6.07, 6.45) is 12.5. The molecule has 0 saturated heterocycles. The summed E-state index contributed by atoms with van der Waals surface area (Å²) in [4.78, 5) is 20.4. The van der Waals surface area contributed by atoms with Crippen LogP contribution in [0.5, 0.6) is 0 Å². The number of hydrogen-bond acceptors (Lipinski definition) is 8. The zero-order valence-electron chi connectivity index (χ0n) is 37.5. The molecule has 0 bridgehead atoms. The fourth-order valence-electron chi connectivity index (χ4n) is 10.0. The molecule has 0 fully saturated rings. The van der Waals surface area contributed by atoms with Crippen LogP contribution < -0.4 is 9.80 Å². The third kappa shape index (κ3) is 9.23. The molecule has 0 saturated carbocycles. The van der Waals surface area contributed by atoms with E-state index in [2.05, 4.69) is 135 Å². The number of likely N-dealkylation sites (N-methyl/N-ethyl adjacent to an activating group) is 1. The summed E-state index contributed by atoms with van der Waals surface area (Å²) in [5.74, 6) is 0.274. The van der Waals surface area contributed by atoms with E-state index in [9.17, 15) is 22.3 Å². The first-order valence-electron chi connectivity index (χ1n) is 21.9. The molecule has 2 heterocycles. The number of nitrogens with zero attached hydrogens (tertiary/aromatic N) is 3. The summed E-state index contributed by atoms with van der Waals surface area (Å²) < 4.78 is 51.7. The maximum atomic E-state index is 13.9. The van der Waals surface area contributed by atoms with E-state index < -0.39 is 33.9 Å². The average Bonchev–Trinajstić information content (AvgIpc) is 3.79. The van der Waals surface area contributed by atoms with Crippen LogP contribution in [0.2, 0.25) is 0 Å². The molecule has 9 nitrogen and oxygen atoms in total. The van der Waals surface area contributed by atoms with Crippen molar-refractivity contribution < 1.29 is 27.1 Å². The lowest BCUT2D eigenvalue weighted by Gasteiger charge is -2.33. The predicted octanol–water partition coefficient (Wildman–Crippen LogP) is 10.9. The maximum absolute atomic E-state index is 13.9. The molecule has 7 rings (SSSR count). The second-order valence-corrected chi connectivity index (χ2v) is 21.0. The summed E-state index contributed by atoms with van der Waals surface area (Å²) in [6.45, 7) is 16.1. The lowest BCUT2D eigenvalue weighted by atomic mass is 9.78. The summed E-state index contributed by atoms with van der Waals surface area (Å²) >= 11 is -4.16. The average molecular weight is 876 g/mol. The van der Waals surface area contributed by atoms with Crippen LogP contribution in [0.3, 0.4) is 0 Å². The van der Waals surface area contributed by atoms with Gasteiger partial charge in [0.1, 0.15) is 5.60 Å². The van der Waals surface area contributed by atoms with E-state index in [1.54, 1.807) is 11.9 Å². The molecule has 0 aromatic heterocycles. The highest BCUT2D eigenvalue weighted by atomic mass is 32.2. The molecule has 3 aliphatic rings. The van der Waals surface area contributed by atoms with Crippen LogP contribution in [0.25, 0.3) is 21.5 Å². The lowest BCUT2D eigenvalue weighted by molar-refractivity contribution is 0.0356. The lowest BCUT2D eigenvalue weighted by Crippen LogP contribution is -2.40. The third-order valence-corrected chi connectivity index (χ3v) is 14.0. The Balaban J connectivity index is 1.30. The minimum Gasteiger partial charge on any atom is -0.772 e. The van der Waals surface area contributed by atoms with Gasteiger partial charge in [-0.1, -0.05) is 129 Å². The van der Waals surface area contributed by atoms with Crippen molar-refractivity contribution in [1.82, 2.24) is 4.90 Å². The van der Waals surface area contributed by atoms with Crippen LogP contribution in [0.1, 0.15) is 98.1 Å². The van der Waals surface area contributed by atoms with E-state index in [-0.39, 0.29) is 28.4 Å². The molecule has 3 unspecified atom stereocenters. The molecule has 62 heavy (non-hydrogen) atoms. The van der Waals surface area contributed by atoms with Crippen LogP contribution in [-0.4, -0.2) is 71.8 Å². The first-order chi connectivity index (χ1) is 29.4. The summed E-state index contributed by atoms with van der Waals surface area (Å²) in [6, 6.07) is 25.7. The molecule has 4 aromatic carbocycles. The van der Waals surface area contributed by atoms with Gasteiger partial charge in [-0.15, -0.1) is 0 Å². The Bertz CT molecular complexity index is 2530. The molecule has 4 aromatic rings. The number of allylic oxidation sites excluding steroid dienone is 6. The maximum Gasteiger partial charge on any atom is 0.414 e. The summed E-state index contributed by atoms with van der Waals surface area (Å²) in [7, 11) is 1.80. The first kappa shape index (κ1) is 45.5. The number of anilines is 2. The van der Waals surface area contributed by atoms with Crippen LogP contribution in [-0.2, 0) is 37.7 Å². The molecular formula is C51H61N3O6S2-2. The number of fused-ring (bicyclic) bond motifs is 6. The Kier molecular flexibility index (Phi) is 13.4. The van der Waals surface area contributed by atoms with Crippen LogP contribution in [0, 0.1) is 0 Å². The molecule has 3 atom stereocenters. The highest BCUT2D eigenvalue weighted by Crippen LogP contribution is 2.52. The second kappa shape index (κ2) is 18.3. The fraction of sp³-hybridized carbons (Fsp3) is 0.431. The Labute approximate surface area is 373 Å². The van der Waals surface area contributed by atoms with E-state index in [1.165, 1.54) is 38.4 Å². The van der Waals surface area contributed by atoms with Gasteiger partial charge in [0.15, 0.2) is 0 Å². The van der Waals surface area contributed by atoms with E-state index >= 15 is 0 Å². The molecule has 11 heteroatoms. The van der Waals surface area contributed by atoms with Gasteiger partial charge < -0.3 is 23.6 Å². The standard InChI is InChI=1S/C51H63N3O6S2/c1-49(2,3)60-48(55)52(8)47-37(25-29-43-50(4,5)45-39-19-11-9-17-35(39)23-27-41(45)53(43)31-13-15-33-61(56)57)21-22-38(47)26-30-44-51(6,7)46-40-20-12-10-18-36(40)24-28-42(46)54(44)32-14-16-34-62(58)59/h9-12,17-20,23-30,43H,13-16,21-22,31-34H2,1-8H3,(H,56,57)(H,58,59)/p-2/b29-25+,38-26+,44-30+. The smallest absolute Gasteiger partial charge is 0.414 e. The quantitative estimate of drug-likeness (QED) is 0.0908. The number of unbranched alkanes of at least 4 members (excludes halogenated alkanes) is 2. The normalized spacial score (nSPS) is 20.5. The van der Waals surface area contributed by atoms with Gasteiger partial charge in [0.2, 0.25) is 0 Å². The number of ether oxygens (including phenoxy) is 1. The van der Waals surface area contributed by atoms with Gasteiger partial charge in [-0.05, 0) is 121 Å². The van der Waals surface area contributed by atoms with Crippen molar-refractivity contribution in [3.05, 3.63) is 131 Å². The molecule has 0 radical (unpaired) electrons. The number of amides is 1. The Morgan fingerprint density at radius 1 is 0.790 bits per heavy atom. The number of hydrogen-bond donors (Lipinski definition) is 0. The van der Waals surface area contributed by atoms with Crippen LogP contribution in [0.4, 0.5) is 16.2 Å². The van der Waals surface area contributed by atoms with Gasteiger partial charge in [-0.2, -0.15) is 0 Å². The van der Waals surface area contributed by atoms with Crippen molar-refractivity contribution in [2.45, 2.75) is 109 Å². The van der Waals surface area contributed by atoms with E-state index in [4.69, 9.17) is 4.74 Å². The number of carbonyl (C=O) groups excluding carboxylic acids is 1. The highest BCUT2D eigenvalue weighted by molar-refractivity contribution is 7.79. The van der Waals surface area contributed by atoms with E-state index in [0.29, 0.717) is 25.9 Å². The van der Waals surface area contributed by atoms with Gasteiger partial charge in [0.25, 0.3) is 0 Å². The first-order valence-corrected chi connectivity index (χ1v) is 24.4. The third-order valence-electron chi connectivity index (χ3n) is 12.8. The van der Waals surface area contributed by atoms with Crippen molar-refractivity contribution in [3.8, 4) is 0 Å². The Morgan fingerprint density at radius 2 is 1.37 bits per heavy atom. The Morgan fingerprint density at radius 3 is 1.98 bits per heavy atom. The molecule has 330 valence electrons. The van der Waals surface area contributed by atoms with Crippen LogP contribution in [0.15, 0.2) is 120 Å². The van der Waals surface area contributed by atoms with Crippen molar-refractivity contribution in [3.63, 3.8) is 0 Å². The number of carbonyl (C=O) groups is 1. The molecular weight excluding hydrogens is 815 g/mol. The zero-order chi connectivity index (χ0) is 44.6. The number of rotatable bonds is 14. The molecule has 1 amide bonds. The zero-order valence-corrected chi connectivity index (χ0v) is 39.1. The van der Waals surface area contributed by atoms with E-state index in [1.807, 2.05) is 20.8 Å². The van der Waals surface area contributed by atoms with Gasteiger partial charge in [0.05, 0.1) is 11.7 Å².